The normalized spacial score (nSPS) is 22.5. The highest BCUT2D eigenvalue weighted by molar-refractivity contribution is 5.78. The molecule has 1 spiro atoms. The van der Waals surface area contributed by atoms with Gasteiger partial charge in [-0.15, -0.1) is 0 Å². The molecule has 3 nitrogen and oxygen atoms in total. The second-order valence-electron chi connectivity index (χ2n) is 11.8. The van der Waals surface area contributed by atoms with Crippen LogP contribution in [0.1, 0.15) is 85.6 Å². The summed E-state index contributed by atoms with van der Waals surface area (Å²) < 4.78 is 13.4. The van der Waals surface area contributed by atoms with Crippen LogP contribution in [0.4, 0.5) is 4.39 Å². The highest BCUT2D eigenvalue weighted by atomic mass is 19.1. The second-order valence-corrected chi connectivity index (χ2v) is 11.8. The fourth-order valence-corrected chi connectivity index (χ4v) is 6.85. The summed E-state index contributed by atoms with van der Waals surface area (Å²) in [5.41, 5.74) is 7.00. The molecular weight excluding hydrogens is 447 g/mol. The van der Waals surface area contributed by atoms with Crippen molar-refractivity contribution in [2.45, 2.75) is 84.0 Å². The first-order chi connectivity index (χ1) is 17.1. The Hall–Kier alpha value is -2.62. The van der Waals surface area contributed by atoms with E-state index in [4.69, 9.17) is 0 Å². The Balaban J connectivity index is 0.000000187. The van der Waals surface area contributed by atoms with E-state index in [9.17, 15) is 9.18 Å². The van der Waals surface area contributed by atoms with Crippen LogP contribution in [-0.4, -0.2) is 30.4 Å². The summed E-state index contributed by atoms with van der Waals surface area (Å²) in [6.45, 7) is 15.2. The molecule has 1 unspecified atom stereocenters. The molecule has 4 heteroatoms. The molecule has 36 heavy (non-hydrogen) atoms. The number of carbonyl (C=O) groups is 1. The lowest BCUT2D eigenvalue weighted by molar-refractivity contribution is -0.127. The number of aryl methyl sites for hydroxylation is 3. The van der Waals surface area contributed by atoms with Crippen LogP contribution >= 0.6 is 0 Å². The molecule has 0 aromatic heterocycles. The van der Waals surface area contributed by atoms with Crippen molar-refractivity contribution >= 4 is 5.91 Å². The third kappa shape index (κ3) is 5.68. The summed E-state index contributed by atoms with van der Waals surface area (Å²) in [4.78, 5) is 14.2. The average Bonchev–Trinajstić information content (AvgIpc) is 3.28. The maximum Gasteiger partial charge on any atom is 0.220 e. The fraction of sp³-hybridized carbons (Fsp3) is 0.531. The number of nitrogens with zero attached hydrogens (tertiary/aromatic N) is 1. The van der Waals surface area contributed by atoms with Gasteiger partial charge < -0.3 is 10.2 Å². The van der Waals surface area contributed by atoms with E-state index in [1.807, 2.05) is 19.2 Å². The zero-order valence-electron chi connectivity index (χ0n) is 22.6. The molecule has 2 heterocycles. The third-order valence-electron chi connectivity index (χ3n) is 9.04. The smallest absolute Gasteiger partial charge is 0.220 e. The van der Waals surface area contributed by atoms with Gasteiger partial charge in [0, 0.05) is 32.0 Å². The minimum absolute atomic E-state index is 0.00949. The van der Waals surface area contributed by atoms with Crippen molar-refractivity contribution in [2.24, 2.45) is 5.41 Å². The number of carbonyl (C=O) groups excluding carboxylic acids is 1. The molecular formula is C32H43FN2O. The molecule has 1 saturated carbocycles. The number of likely N-dealkylation sites (tertiary alicyclic amines) is 1. The predicted octanol–water partition coefficient (Wildman–Crippen LogP) is 7.10. The van der Waals surface area contributed by atoms with Crippen LogP contribution in [0.2, 0.25) is 0 Å². The summed E-state index contributed by atoms with van der Waals surface area (Å²) in [5, 5.41) is 3.00. The quantitative estimate of drug-likeness (QED) is 0.498. The lowest BCUT2D eigenvalue weighted by Gasteiger charge is -2.49. The van der Waals surface area contributed by atoms with E-state index in [1.165, 1.54) is 48.4 Å². The molecule has 0 bridgehead atoms. The van der Waals surface area contributed by atoms with Crippen LogP contribution in [0, 0.1) is 32.0 Å². The topological polar surface area (TPSA) is 32.3 Å². The lowest BCUT2D eigenvalue weighted by Crippen LogP contribution is -2.51. The van der Waals surface area contributed by atoms with Gasteiger partial charge in [-0.1, -0.05) is 61.7 Å². The second kappa shape index (κ2) is 10.8. The average molecular weight is 491 g/mol. The Morgan fingerprint density at radius 1 is 1.00 bits per heavy atom. The summed E-state index contributed by atoms with van der Waals surface area (Å²) in [6, 6.07) is 12.0. The van der Waals surface area contributed by atoms with Crippen LogP contribution in [0.5, 0.6) is 0 Å². The SMILES string of the molecule is C=CN1CCC2(CC1)CC(=O)NCC2c1ccc(F)cc1C.Cc1cc(C)cc(C2(C)CCCC2)c1. The Morgan fingerprint density at radius 3 is 2.22 bits per heavy atom. The highest BCUT2D eigenvalue weighted by Gasteiger charge is 2.46. The van der Waals surface area contributed by atoms with Crippen molar-refractivity contribution in [3.05, 3.63) is 82.8 Å². The van der Waals surface area contributed by atoms with E-state index in [0.717, 1.165) is 31.5 Å². The van der Waals surface area contributed by atoms with Crippen LogP contribution in [-0.2, 0) is 10.2 Å². The Morgan fingerprint density at radius 2 is 1.64 bits per heavy atom. The van der Waals surface area contributed by atoms with Crippen LogP contribution in [0.3, 0.4) is 0 Å². The molecule has 3 fully saturated rings. The number of hydrogen-bond acceptors (Lipinski definition) is 2. The molecule has 2 aromatic carbocycles. The molecule has 1 atom stereocenters. The van der Waals surface area contributed by atoms with Crippen molar-refractivity contribution < 1.29 is 9.18 Å². The van der Waals surface area contributed by atoms with Gasteiger partial charge in [0.1, 0.15) is 5.82 Å². The van der Waals surface area contributed by atoms with Gasteiger partial charge >= 0.3 is 0 Å². The van der Waals surface area contributed by atoms with Crippen LogP contribution in [0.25, 0.3) is 0 Å². The monoisotopic (exact) mass is 490 g/mol. The van der Waals surface area contributed by atoms with Crippen LogP contribution in [0.15, 0.2) is 49.2 Å². The van der Waals surface area contributed by atoms with Gasteiger partial charge in [-0.25, -0.2) is 4.39 Å². The molecule has 3 aliphatic rings. The number of rotatable bonds is 3. The first-order valence-electron chi connectivity index (χ1n) is 13.6. The van der Waals surface area contributed by atoms with E-state index in [2.05, 4.69) is 55.8 Å². The van der Waals surface area contributed by atoms with Crippen molar-refractivity contribution in [3.63, 3.8) is 0 Å². The number of halogens is 1. The predicted molar refractivity (Wildman–Crippen MR) is 147 cm³/mol. The van der Waals surface area contributed by atoms with E-state index < -0.39 is 0 Å². The molecule has 0 radical (unpaired) electrons. The molecule has 2 aromatic rings. The first kappa shape index (κ1) is 26.4. The molecule has 1 aliphatic carbocycles. The number of benzene rings is 2. The van der Waals surface area contributed by atoms with Gasteiger partial charge in [0.05, 0.1) is 0 Å². The number of piperidine rings is 2. The Labute approximate surface area is 217 Å². The number of amides is 1. The third-order valence-corrected chi connectivity index (χ3v) is 9.04. The van der Waals surface area contributed by atoms with Gasteiger partial charge in [0.2, 0.25) is 5.91 Å². The van der Waals surface area contributed by atoms with E-state index >= 15 is 0 Å². The summed E-state index contributed by atoms with van der Waals surface area (Å²) in [7, 11) is 0. The van der Waals surface area contributed by atoms with Gasteiger partial charge in [0.15, 0.2) is 0 Å². The Kier molecular flexibility index (Phi) is 7.92. The van der Waals surface area contributed by atoms with Gasteiger partial charge in [-0.05, 0) is 92.3 Å². The summed E-state index contributed by atoms with van der Waals surface area (Å²) in [6.07, 6.45) is 9.97. The molecule has 1 N–H and O–H groups in total. The van der Waals surface area contributed by atoms with Crippen molar-refractivity contribution in [1.82, 2.24) is 10.2 Å². The fourth-order valence-electron chi connectivity index (χ4n) is 6.85. The Bertz CT molecular complexity index is 1070. The van der Waals surface area contributed by atoms with Crippen molar-refractivity contribution in [1.29, 1.82) is 0 Å². The van der Waals surface area contributed by atoms with Gasteiger partial charge in [-0.2, -0.15) is 0 Å². The van der Waals surface area contributed by atoms with Crippen LogP contribution < -0.4 is 5.32 Å². The van der Waals surface area contributed by atoms with E-state index in [1.54, 1.807) is 11.6 Å². The highest BCUT2D eigenvalue weighted by Crippen LogP contribution is 2.49. The number of nitrogens with one attached hydrogen (secondary N) is 1. The minimum atomic E-state index is -0.198. The number of hydrogen-bond donors (Lipinski definition) is 1. The molecule has 194 valence electrons. The summed E-state index contributed by atoms with van der Waals surface area (Å²) in [5.74, 6) is 0.206. The maximum absolute atomic E-state index is 13.4. The molecule has 2 saturated heterocycles. The first-order valence-corrected chi connectivity index (χ1v) is 13.6. The van der Waals surface area contributed by atoms with Gasteiger partial charge in [-0.3, -0.25) is 4.79 Å². The zero-order valence-corrected chi connectivity index (χ0v) is 22.6. The van der Waals surface area contributed by atoms with E-state index in [0.29, 0.717) is 18.4 Å². The largest absolute Gasteiger partial charge is 0.378 e. The zero-order chi connectivity index (χ0) is 25.9. The maximum atomic E-state index is 13.4. The molecule has 5 rings (SSSR count). The molecule has 1 amide bonds. The summed E-state index contributed by atoms with van der Waals surface area (Å²) >= 11 is 0. The van der Waals surface area contributed by atoms with Crippen molar-refractivity contribution in [2.75, 3.05) is 19.6 Å². The molecule has 2 aliphatic heterocycles. The van der Waals surface area contributed by atoms with Gasteiger partial charge in [0.25, 0.3) is 0 Å². The standard InChI is InChI=1S/C18H23FN2O.C14H20/c1-3-21-8-6-18(7-9-21)11-17(22)20-12-16(18)15-5-4-14(19)10-13(15)2;1-11-8-12(2)10-13(9-11)14(3)6-4-5-7-14/h3-5,10,16H,1,6-9,11-12H2,2H3,(H,20,22);8-10H,4-7H2,1-3H3. The lowest BCUT2D eigenvalue weighted by atomic mass is 9.62. The minimum Gasteiger partial charge on any atom is -0.378 e. The van der Waals surface area contributed by atoms with Crippen molar-refractivity contribution in [3.8, 4) is 0 Å². The van der Waals surface area contributed by atoms with E-state index in [-0.39, 0.29) is 23.1 Å².